The van der Waals surface area contributed by atoms with Gasteiger partial charge in [0.2, 0.25) is 0 Å². The SMILES string of the molecule is CCCCN/C=C(/C#N)C(=O)NC(C)c1ccc(OC)c(OC)c1. The van der Waals surface area contributed by atoms with Crippen LogP contribution in [0.4, 0.5) is 0 Å². The average molecular weight is 331 g/mol. The third-order valence-electron chi connectivity index (χ3n) is 3.54. The van der Waals surface area contributed by atoms with E-state index in [0.717, 1.165) is 24.9 Å². The Morgan fingerprint density at radius 2 is 2.04 bits per heavy atom. The lowest BCUT2D eigenvalue weighted by Crippen LogP contribution is -2.28. The van der Waals surface area contributed by atoms with Gasteiger partial charge in [-0.05, 0) is 31.0 Å². The maximum atomic E-state index is 12.2. The number of rotatable bonds is 9. The molecule has 6 heteroatoms. The van der Waals surface area contributed by atoms with Gasteiger partial charge in [0, 0.05) is 12.7 Å². The van der Waals surface area contributed by atoms with Crippen molar-refractivity contribution < 1.29 is 14.3 Å². The smallest absolute Gasteiger partial charge is 0.263 e. The summed E-state index contributed by atoms with van der Waals surface area (Å²) in [5, 5.41) is 14.9. The van der Waals surface area contributed by atoms with Gasteiger partial charge in [-0.2, -0.15) is 5.26 Å². The number of carbonyl (C=O) groups excluding carboxylic acids is 1. The molecule has 2 N–H and O–H groups in total. The van der Waals surface area contributed by atoms with Crippen molar-refractivity contribution in [1.29, 1.82) is 5.26 Å². The monoisotopic (exact) mass is 331 g/mol. The topological polar surface area (TPSA) is 83.4 Å². The zero-order valence-electron chi connectivity index (χ0n) is 14.7. The summed E-state index contributed by atoms with van der Waals surface area (Å²) in [5.74, 6) is 0.801. The first-order valence-electron chi connectivity index (χ1n) is 7.93. The fraction of sp³-hybridized carbons (Fsp3) is 0.444. The lowest BCUT2D eigenvalue weighted by atomic mass is 10.1. The Bertz CT molecular complexity index is 620. The molecule has 0 radical (unpaired) electrons. The molecule has 0 heterocycles. The molecular weight excluding hydrogens is 306 g/mol. The Hall–Kier alpha value is -2.68. The van der Waals surface area contributed by atoms with Crippen LogP contribution in [0, 0.1) is 11.3 Å². The third-order valence-corrected chi connectivity index (χ3v) is 3.54. The Morgan fingerprint density at radius 1 is 1.33 bits per heavy atom. The fourth-order valence-electron chi connectivity index (χ4n) is 2.08. The number of amides is 1. The molecule has 1 amide bonds. The summed E-state index contributed by atoms with van der Waals surface area (Å²) in [4.78, 5) is 12.2. The lowest BCUT2D eigenvalue weighted by Gasteiger charge is -2.16. The predicted molar refractivity (Wildman–Crippen MR) is 92.7 cm³/mol. The molecule has 0 bridgehead atoms. The molecule has 6 nitrogen and oxygen atoms in total. The van der Waals surface area contributed by atoms with E-state index in [-0.39, 0.29) is 11.6 Å². The average Bonchev–Trinajstić information content (AvgIpc) is 2.60. The number of carbonyl (C=O) groups is 1. The summed E-state index contributed by atoms with van der Waals surface area (Å²) in [6.45, 7) is 4.66. The summed E-state index contributed by atoms with van der Waals surface area (Å²) < 4.78 is 10.5. The highest BCUT2D eigenvalue weighted by Gasteiger charge is 2.15. The van der Waals surface area contributed by atoms with E-state index in [1.54, 1.807) is 26.4 Å². The Balaban J connectivity index is 2.77. The van der Waals surface area contributed by atoms with Gasteiger partial charge >= 0.3 is 0 Å². The van der Waals surface area contributed by atoms with Crippen LogP contribution in [0.5, 0.6) is 11.5 Å². The second-order valence-corrected chi connectivity index (χ2v) is 5.29. The number of hydrogen-bond donors (Lipinski definition) is 2. The van der Waals surface area contributed by atoms with Crippen molar-refractivity contribution in [2.75, 3.05) is 20.8 Å². The molecule has 0 aromatic heterocycles. The summed E-state index contributed by atoms with van der Waals surface area (Å²) in [6, 6.07) is 7.08. The zero-order valence-corrected chi connectivity index (χ0v) is 14.7. The molecule has 0 saturated heterocycles. The maximum Gasteiger partial charge on any atom is 0.263 e. The van der Waals surface area contributed by atoms with Crippen LogP contribution >= 0.6 is 0 Å². The summed E-state index contributed by atoms with van der Waals surface area (Å²) in [7, 11) is 3.13. The van der Waals surface area contributed by atoms with Crippen molar-refractivity contribution in [3.05, 3.63) is 35.5 Å². The van der Waals surface area contributed by atoms with Crippen LogP contribution in [0.3, 0.4) is 0 Å². The van der Waals surface area contributed by atoms with Crippen molar-refractivity contribution >= 4 is 5.91 Å². The van der Waals surface area contributed by atoms with Crippen LogP contribution < -0.4 is 20.1 Å². The number of unbranched alkanes of at least 4 members (excludes halogenated alkanes) is 1. The van der Waals surface area contributed by atoms with Gasteiger partial charge in [0.05, 0.1) is 20.3 Å². The van der Waals surface area contributed by atoms with Gasteiger partial charge < -0.3 is 20.1 Å². The number of nitriles is 1. The van der Waals surface area contributed by atoms with E-state index < -0.39 is 5.91 Å². The van der Waals surface area contributed by atoms with E-state index in [1.165, 1.54) is 6.20 Å². The van der Waals surface area contributed by atoms with Crippen LogP contribution in [0.15, 0.2) is 30.0 Å². The standard InChI is InChI=1S/C18H25N3O3/c1-5-6-9-20-12-15(11-19)18(22)21-13(2)14-7-8-16(23-3)17(10-14)24-4/h7-8,10,12-13,20H,5-6,9H2,1-4H3,(H,21,22)/b15-12-. The number of ether oxygens (including phenoxy) is 2. The quantitative estimate of drug-likeness (QED) is 0.413. The molecule has 1 unspecified atom stereocenters. The Labute approximate surface area is 143 Å². The van der Waals surface area contributed by atoms with Crippen molar-refractivity contribution in [2.45, 2.75) is 32.7 Å². The normalized spacial score (nSPS) is 12.0. The first kappa shape index (κ1) is 19.4. The Kier molecular flexibility index (Phi) is 8.20. The second-order valence-electron chi connectivity index (χ2n) is 5.29. The minimum atomic E-state index is -0.413. The molecule has 0 spiro atoms. The zero-order chi connectivity index (χ0) is 17.9. The first-order chi connectivity index (χ1) is 11.6. The fourth-order valence-corrected chi connectivity index (χ4v) is 2.08. The molecule has 0 aliphatic heterocycles. The Morgan fingerprint density at radius 3 is 2.62 bits per heavy atom. The van der Waals surface area contributed by atoms with Crippen LogP contribution in [0.1, 0.15) is 38.3 Å². The van der Waals surface area contributed by atoms with Crippen LogP contribution in [-0.4, -0.2) is 26.7 Å². The van der Waals surface area contributed by atoms with E-state index >= 15 is 0 Å². The van der Waals surface area contributed by atoms with Crippen LogP contribution in [0.25, 0.3) is 0 Å². The van der Waals surface area contributed by atoms with Gasteiger partial charge in [-0.25, -0.2) is 0 Å². The first-order valence-corrected chi connectivity index (χ1v) is 7.93. The largest absolute Gasteiger partial charge is 0.493 e. The van der Waals surface area contributed by atoms with E-state index in [4.69, 9.17) is 14.7 Å². The third kappa shape index (κ3) is 5.51. The van der Waals surface area contributed by atoms with Gasteiger partial charge in [0.25, 0.3) is 5.91 Å². The molecule has 1 aromatic rings. The van der Waals surface area contributed by atoms with Gasteiger partial charge in [-0.15, -0.1) is 0 Å². The predicted octanol–water partition coefficient (Wildman–Crippen LogP) is 2.68. The van der Waals surface area contributed by atoms with Gasteiger partial charge in [0.1, 0.15) is 11.6 Å². The summed E-state index contributed by atoms with van der Waals surface area (Å²) in [5.41, 5.74) is 0.913. The molecule has 1 aromatic carbocycles. The molecule has 130 valence electrons. The van der Waals surface area contributed by atoms with Crippen molar-refractivity contribution in [1.82, 2.24) is 10.6 Å². The van der Waals surface area contributed by atoms with Gasteiger partial charge in [0.15, 0.2) is 11.5 Å². The molecule has 0 saturated carbocycles. The van der Waals surface area contributed by atoms with Crippen molar-refractivity contribution in [3.63, 3.8) is 0 Å². The molecule has 0 aliphatic carbocycles. The molecule has 1 atom stereocenters. The number of methoxy groups -OCH3 is 2. The van der Waals surface area contributed by atoms with E-state index in [1.807, 2.05) is 19.1 Å². The minimum Gasteiger partial charge on any atom is -0.493 e. The molecule has 0 fully saturated rings. The molecule has 1 rings (SSSR count). The molecule has 0 aliphatic rings. The number of hydrogen-bond acceptors (Lipinski definition) is 5. The van der Waals surface area contributed by atoms with Crippen molar-refractivity contribution in [2.24, 2.45) is 0 Å². The number of nitrogens with zero attached hydrogens (tertiary/aromatic N) is 1. The summed E-state index contributed by atoms with van der Waals surface area (Å²) in [6.07, 6.45) is 3.50. The molecule has 24 heavy (non-hydrogen) atoms. The van der Waals surface area contributed by atoms with Crippen molar-refractivity contribution in [3.8, 4) is 17.6 Å². The minimum absolute atomic E-state index is 0.0541. The van der Waals surface area contributed by atoms with Crippen LogP contribution in [-0.2, 0) is 4.79 Å². The van der Waals surface area contributed by atoms with E-state index in [0.29, 0.717) is 11.5 Å². The summed E-state index contributed by atoms with van der Waals surface area (Å²) >= 11 is 0. The highest BCUT2D eigenvalue weighted by Crippen LogP contribution is 2.29. The molecular formula is C18H25N3O3. The second kappa shape index (κ2) is 10.2. The van der Waals surface area contributed by atoms with Crippen LogP contribution in [0.2, 0.25) is 0 Å². The van der Waals surface area contributed by atoms with E-state index in [9.17, 15) is 4.79 Å². The maximum absolute atomic E-state index is 12.2. The highest BCUT2D eigenvalue weighted by molar-refractivity contribution is 5.97. The van der Waals surface area contributed by atoms with Gasteiger partial charge in [-0.1, -0.05) is 19.4 Å². The van der Waals surface area contributed by atoms with E-state index in [2.05, 4.69) is 17.6 Å². The number of nitrogens with one attached hydrogen (secondary N) is 2. The lowest BCUT2D eigenvalue weighted by molar-refractivity contribution is -0.117. The number of benzene rings is 1. The van der Waals surface area contributed by atoms with Gasteiger partial charge in [-0.3, -0.25) is 4.79 Å². The highest BCUT2D eigenvalue weighted by atomic mass is 16.5.